The van der Waals surface area contributed by atoms with Crippen LogP contribution in [-0.2, 0) is 9.68 Å². The minimum Gasteiger partial charge on any atom is -0.407 e. The number of nitrogens with two attached hydrogens (primary N) is 1. The predicted octanol–water partition coefficient (Wildman–Crippen LogP) is 3.97. The Kier molecular flexibility index (Phi) is 4.79. The van der Waals surface area contributed by atoms with E-state index < -0.39 is 6.09 Å². The van der Waals surface area contributed by atoms with Crippen LogP contribution in [0.5, 0.6) is 5.75 Å². The van der Waals surface area contributed by atoms with Crippen molar-refractivity contribution in [3.63, 3.8) is 0 Å². The van der Waals surface area contributed by atoms with Crippen LogP contribution < -0.4 is 10.5 Å². The SMILES string of the molecule is CON(OC)C(=O)Oc1ccc2ccn3c(N)c(-c4ccccc4C)nc3c2c1. The van der Waals surface area contributed by atoms with E-state index in [2.05, 4.69) is 0 Å². The van der Waals surface area contributed by atoms with E-state index in [0.29, 0.717) is 28.1 Å². The number of hydrogen-bond donors (Lipinski definition) is 1. The van der Waals surface area contributed by atoms with Crippen LogP contribution in [0.25, 0.3) is 27.7 Å². The van der Waals surface area contributed by atoms with E-state index in [9.17, 15) is 4.79 Å². The molecule has 0 aliphatic rings. The van der Waals surface area contributed by atoms with E-state index in [-0.39, 0.29) is 0 Å². The summed E-state index contributed by atoms with van der Waals surface area (Å²) in [4.78, 5) is 26.4. The van der Waals surface area contributed by atoms with Crippen LogP contribution in [0.4, 0.5) is 10.6 Å². The van der Waals surface area contributed by atoms with Crippen molar-refractivity contribution in [2.45, 2.75) is 6.92 Å². The zero-order valence-electron chi connectivity index (χ0n) is 16.2. The lowest BCUT2D eigenvalue weighted by Crippen LogP contribution is -2.31. The van der Waals surface area contributed by atoms with Gasteiger partial charge in [0.1, 0.15) is 22.9 Å². The number of pyridine rings is 1. The molecule has 2 N–H and O–H groups in total. The number of anilines is 1. The number of aromatic nitrogens is 2. The molecule has 1 amide bonds. The van der Waals surface area contributed by atoms with Crippen LogP contribution in [0, 0.1) is 6.92 Å². The van der Waals surface area contributed by atoms with E-state index in [1.54, 1.807) is 12.1 Å². The van der Waals surface area contributed by atoms with Crippen LogP contribution in [0.2, 0.25) is 0 Å². The number of nitrogen functional groups attached to an aromatic ring is 1. The number of hydrogen-bond acceptors (Lipinski definition) is 6. The molecule has 148 valence electrons. The van der Waals surface area contributed by atoms with E-state index in [1.807, 2.05) is 53.9 Å². The minimum atomic E-state index is -0.801. The minimum absolute atomic E-state index is 0.328. The second-order valence-electron chi connectivity index (χ2n) is 6.41. The number of fused-ring (bicyclic) bond motifs is 3. The molecule has 0 atom stereocenters. The molecule has 8 nitrogen and oxygen atoms in total. The molecule has 2 heterocycles. The number of ether oxygens (including phenoxy) is 1. The number of aryl methyl sites for hydroxylation is 1. The lowest BCUT2D eigenvalue weighted by Gasteiger charge is -2.15. The van der Waals surface area contributed by atoms with Gasteiger partial charge in [0.15, 0.2) is 0 Å². The van der Waals surface area contributed by atoms with Gasteiger partial charge in [-0.3, -0.25) is 4.40 Å². The summed E-state index contributed by atoms with van der Waals surface area (Å²) in [7, 11) is 2.60. The Balaban J connectivity index is 1.83. The van der Waals surface area contributed by atoms with E-state index >= 15 is 0 Å². The normalized spacial score (nSPS) is 11.1. The highest BCUT2D eigenvalue weighted by Crippen LogP contribution is 2.32. The quantitative estimate of drug-likeness (QED) is 0.529. The van der Waals surface area contributed by atoms with Gasteiger partial charge in [0.05, 0.1) is 14.2 Å². The van der Waals surface area contributed by atoms with Crippen LogP contribution in [0.1, 0.15) is 5.56 Å². The molecule has 29 heavy (non-hydrogen) atoms. The molecule has 0 saturated heterocycles. The van der Waals surface area contributed by atoms with E-state index in [4.69, 9.17) is 25.1 Å². The highest BCUT2D eigenvalue weighted by Gasteiger charge is 2.18. The summed E-state index contributed by atoms with van der Waals surface area (Å²) in [6, 6.07) is 15.2. The Morgan fingerprint density at radius 3 is 2.59 bits per heavy atom. The molecule has 0 bridgehead atoms. The number of rotatable bonds is 4. The Labute approximate surface area is 166 Å². The first-order valence-electron chi connectivity index (χ1n) is 8.90. The zero-order chi connectivity index (χ0) is 20.5. The van der Waals surface area contributed by atoms with Gasteiger partial charge >= 0.3 is 6.09 Å². The third-order valence-electron chi connectivity index (χ3n) is 4.70. The molecule has 0 radical (unpaired) electrons. The monoisotopic (exact) mass is 392 g/mol. The van der Waals surface area contributed by atoms with Crippen LogP contribution in [0.3, 0.4) is 0 Å². The summed E-state index contributed by atoms with van der Waals surface area (Å²) >= 11 is 0. The Morgan fingerprint density at radius 2 is 1.86 bits per heavy atom. The first kappa shape index (κ1) is 18.7. The van der Waals surface area contributed by atoms with Crippen LogP contribution in [-0.4, -0.2) is 34.9 Å². The maximum Gasteiger partial charge on any atom is 0.465 e. The molecule has 0 aliphatic heterocycles. The Bertz CT molecular complexity index is 1210. The van der Waals surface area contributed by atoms with Crippen molar-refractivity contribution in [3.05, 3.63) is 60.3 Å². The molecular formula is C21H20N4O4. The summed E-state index contributed by atoms with van der Waals surface area (Å²) in [6.07, 6.45) is 1.08. The van der Waals surface area contributed by atoms with Crippen LogP contribution >= 0.6 is 0 Å². The molecule has 4 aromatic rings. The smallest absolute Gasteiger partial charge is 0.407 e. The Hall–Kier alpha value is -3.62. The van der Waals surface area contributed by atoms with Gasteiger partial charge < -0.3 is 10.5 Å². The van der Waals surface area contributed by atoms with Crippen molar-refractivity contribution in [1.29, 1.82) is 0 Å². The van der Waals surface area contributed by atoms with Gasteiger partial charge in [-0.1, -0.05) is 30.3 Å². The number of benzene rings is 2. The van der Waals surface area contributed by atoms with Crippen molar-refractivity contribution in [3.8, 4) is 17.0 Å². The van der Waals surface area contributed by atoms with E-state index in [0.717, 1.165) is 21.9 Å². The topological polar surface area (TPSA) is 91.3 Å². The van der Waals surface area contributed by atoms with Gasteiger partial charge in [-0.05, 0) is 41.3 Å². The number of imidazole rings is 1. The number of amides is 1. The predicted molar refractivity (Wildman–Crippen MR) is 109 cm³/mol. The molecule has 0 aliphatic carbocycles. The number of carbonyl (C=O) groups is 1. The molecular weight excluding hydrogens is 372 g/mol. The summed E-state index contributed by atoms with van der Waals surface area (Å²) in [5, 5.41) is 2.37. The zero-order valence-corrected chi connectivity index (χ0v) is 16.2. The van der Waals surface area contributed by atoms with Crippen LogP contribution in [0.15, 0.2) is 54.7 Å². The second-order valence-corrected chi connectivity index (χ2v) is 6.41. The van der Waals surface area contributed by atoms with Crippen molar-refractivity contribution >= 4 is 28.3 Å². The molecule has 0 unspecified atom stereocenters. The summed E-state index contributed by atoms with van der Waals surface area (Å²) in [6.45, 7) is 2.02. The lowest BCUT2D eigenvalue weighted by molar-refractivity contribution is -0.305. The molecule has 0 spiro atoms. The highest BCUT2D eigenvalue weighted by atomic mass is 17.0. The molecule has 2 aromatic heterocycles. The summed E-state index contributed by atoms with van der Waals surface area (Å²) < 4.78 is 7.15. The first-order valence-corrected chi connectivity index (χ1v) is 8.90. The Morgan fingerprint density at radius 1 is 1.10 bits per heavy atom. The van der Waals surface area contributed by atoms with Gasteiger partial charge in [0.25, 0.3) is 0 Å². The largest absolute Gasteiger partial charge is 0.465 e. The third-order valence-corrected chi connectivity index (χ3v) is 4.70. The van der Waals surface area contributed by atoms with E-state index in [1.165, 1.54) is 14.2 Å². The second kappa shape index (κ2) is 7.42. The maximum absolute atomic E-state index is 12.1. The summed E-state index contributed by atoms with van der Waals surface area (Å²) in [5.74, 6) is 0.872. The molecule has 4 rings (SSSR count). The van der Waals surface area contributed by atoms with Gasteiger partial charge in [-0.25, -0.2) is 19.5 Å². The number of carbonyl (C=O) groups excluding carboxylic acids is 1. The fraction of sp³-hybridized carbons (Fsp3) is 0.143. The highest BCUT2D eigenvalue weighted by molar-refractivity contribution is 5.97. The molecule has 8 heteroatoms. The molecule has 2 aromatic carbocycles. The number of nitrogens with zero attached hydrogens (tertiary/aromatic N) is 3. The van der Waals surface area contributed by atoms with Crippen molar-refractivity contribution in [2.24, 2.45) is 0 Å². The summed E-state index contributed by atoms with van der Waals surface area (Å²) in [5.41, 5.74) is 9.84. The average molecular weight is 392 g/mol. The fourth-order valence-electron chi connectivity index (χ4n) is 3.28. The fourth-order valence-corrected chi connectivity index (χ4v) is 3.28. The van der Waals surface area contributed by atoms with Crippen molar-refractivity contribution < 1.29 is 19.2 Å². The van der Waals surface area contributed by atoms with Gasteiger partial charge in [-0.15, -0.1) is 0 Å². The van der Waals surface area contributed by atoms with Gasteiger partial charge in [-0.2, -0.15) is 0 Å². The van der Waals surface area contributed by atoms with Gasteiger partial charge in [0.2, 0.25) is 0 Å². The third kappa shape index (κ3) is 3.24. The molecule has 0 saturated carbocycles. The van der Waals surface area contributed by atoms with Crippen molar-refractivity contribution in [2.75, 3.05) is 20.0 Å². The van der Waals surface area contributed by atoms with Crippen molar-refractivity contribution in [1.82, 2.24) is 14.6 Å². The first-order chi connectivity index (χ1) is 14.0. The molecule has 0 fully saturated rings. The number of hydroxylamine groups is 2. The maximum atomic E-state index is 12.1. The standard InChI is InChI=1S/C21H20N4O4/c1-13-6-4-5-7-16(13)18-19(22)24-11-10-14-8-9-15(12-17(14)20(24)23-18)29-21(26)25(27-2)28-3/h4-12H,22H2,1-3H3. The lowest BCUT2D eigenvalue weighted by atomic mass is 10.1. The van der Waals surface area contributed by atoms with Gasteiger partial charge in [0, 0.05) is 17.1 Å². The average Bonchev–Trinajstić information content (AvgIpc) is 3.06.